The standard InChI is InChI=1S/C17H36N2/c1-8-17(9-2)11-15(6)12-19(14(4)5)16(17)13-18(7)10-3/h14-16H,8-13H2,1-7H3. The van der Waals surface area contributed by atoms with Crippen LogP contribution in [0, 0.1) is 11.3 Å². The van der Waals surface area contributed by atoms with Crippen molar-refractivity contribution in [3.63, 3.8) is 0 Å². The Morgan fingerprint density at radius 1 is 1.21 bits per heavy atom. The van der Waals surface area contributed by atoms with E-state index in [1.807, 2.05) is 0 Å². The largest absolute Gasteiger partial charge is 0.305 e. The molecule has 0 radical (unpaired) electrons. The molecule has 0 N–H and O–H groups in total. The fourth-order valence-corrected chi connectivity index (χ4v) is 4.04. The van der Waals surface area contributed by atoms with Crippen LogP contribution in [0.2, 0.25) is 0 Å². The van der Waals surface area contributed by atoms with Gasteiger partial charge in [0.15, 0.2) is 0 Å². The number of piperidine rings is 1. The van der Waals surface area contributed by atoms with E-state index < -0.39 is 0 Å². The van der Waals surface area contributed by atoms with E-state index in [1.54, 1.807) is 0 Å². The Morgan fingerprint density at radius 3 is 2.21 bits per heavy atom. The van der Waals surface area contributed by atoms with Crippen LogP contribution in [0.3, 0.4) is 0 Å². The molecular weight excluding hydrogens is 232 g/mol. The molecule has 114 valence electrons. The Hall–Kier alpha value is -0.0800. The van der Waals surface area contributed by atoms with E-state index in [2.05, 4.69) is 58.4 Å². The van der Waals surface area contributed by atoms with E-state index in [4.69, 9.17) is 0 Å². The van der Waals surface area contributed by atoms with Crippen LogP contribution in [-0.4, -0.2) is 48.6 Å². The molecule has 0 spiro atoms. The molecule has 2 atom stereocenters. The second-order valence-electron chi connectivity index (χ2n) is 7.04. The lowest BCUT2D eigenvalue weighted by molar-refractivity contribution is -0.0481. The average Bonchev–Trinajstić information content (AvgIpc) is 2.39. The van der Waals surface area contributed by atoms with E-state index in [0.717, 1.165) is 18.5 Å². The molecule has 1 heterocycles. The number of likely N-dealkylation sites (tertiary alicyclic amines) is 1. The molecule has 0 aliphatic carbocycles. The zero-order valence-corrected chi connectivity index (χ0v) is 14.4. The lowest BCUT2D eigenvalue weighted by Crippen LogP contribution is -2.60. The minimum atomic E-state index is 0.519. The molecule has 1 aliphatic heterocycles. The second-order valence-corrected chi connectivity index (χ2v) is 7.04. The van der Waals surface area contributed by atoms with Crippen molar-refractivity contribution in [3.05, 3.63) is 0 Å². The average molecular weight is 268 g/mol. The number of hydrogen-bond acceptors (Lipinski definition) is 2. The maximum Gasteiger partial charge on any atom is 0.0282 e. The summed E-state index contributed by atoms with van der Waals surface area (Å²) in [5.74, 6) is 0.838. The third-order valence-electron chi connectivity index (χ3n) is 5.48. The first-order chi connectivity index (χ1) is 8.90. The van der Waals surface area contributed by atoms with Gasteiger partial charge in [0.2, 0.25) is 0 Å². The maximum atomic E-state index is 2.79. The van der Waals surface area contributed by atoms with Crippen LogP contribution in [0.4, 0.5) is 0 Å². The van der Waals surface area contributed by atoms with Crippen LogP contribution >= 0.6 is 0 Å². The highest BCUT2D eigenvalue weighted by Gasteiger charge is 2.45. The monoisotopic (exact) mass is 268 g/mol. The Labute approximate surface area is 121 Å². The molecule has 19 heavy (non-hydrogen) atoms. The first-order valence-corrected chi connectivity index (χ1v) is 8.34. The first kappa shape index (κ1) is 17.0. The van der Waals surface area contributed by atoms with Crippen LogP contribution in [0.5, 0.6) is 0 Å². The van der Waals surface area contributed by atoms with Crippen molar-refractivity contribution in [2.24, 2.45) is 11.3 Å². The highest BCUT2D eigenvalue weighted by molar-refractivity contribution is 4.98. The Balaban J connectivity index is 3.02. The van der Waals surface area contributed by atoms with Crippen LogP contribution in [-0.2, 0) is 0 Å². The van der Waals surface area contributed by atoms with Gasteiger partial charge in [-0.15, -0.1) is 0 Å². The molecule has 0 saturated carbocycles. The maximum absolute atomic E-state index is 2.79. The first-order valence-electron chi connectivity index (χ1n) is 8.34. The molecule has 2 unspecified atom stereocenters. The fraction of sp³-hybridized carbons (Fsp3) is 1.00. The summed E-state index contributed by atoms with van der Waals surface area (Å²) in [7, 11) is 2.27. The van der Waals surface area contributed by atoms with Gasteiger partial charge in [0, 0.05) is 25.2 Å². The van der Waals surface area contributed by atoms with Gasteiger partial charge >= 0.3 is 0 Å². The molecule has 1 aliphatic rings. The predicted octanol–water partition coefficient (Wildman–Crippen LogP) is 3.86. The Morgan fingerprint density at radius 2 is 1.79 bits per heavy atom. The smallest absolute Gasteiger partial charge is 0.0282 e. The number of hydrogen-bond donors (Lipinski definition) is 0. The van der Waals surface area contributed by atoms with Crippen LogP contribution in [0.25, 0.3) is 0 Å². The van der Waals surface area contributed by atoms with Gasteiger partial charge in [-0.3, -0.25) is 4.90 Å². The molecule has 0 aromatic rings. The minimum Gasteiger partial charge on any atom is -0.305 e. The number of nitrogens with zero attached hydrogens (tertiary/aromatic N) is 2. The fourth-order valence-electron chi connectivity index (χ4n) is 4.04. The van der Waals surface area contributed by atoms with Crippen molar-refractivity contribution in [1.82, 2.24) is 9.80 Å². The van der Waals surface area contributed by atoms with E-state index in [9.17, 15) is 0 Å². The van der Waals surface area contributed by atoms with Gasteiger partial charge in [-0.05, 0) is 58.0 Å². The van der Waals surface area contributed by atoms with Crippen LogP contribution < -0.4 is 0 Å². The lowest BCUT2D eigenvalue weighted by Gasteiger charge is -2.54. The predicted molar refractivity (Wildman–Crippen MR) is 85.6 cm³/mol. The molecule has 2 heteroatoms. The Kier molecular flexibility index (Phi) is 6.32. The van der Waals surface area contributed by atoms with E-state index >= 15 is 0 Å². The quantitative estimate of drug-likeness (QED) is 0.721. The van der Waals surface area contributed by atoms with E-state index in [1.165, 1.54) is 32.4 Å². The molecule has 0 amide bonds. The topological polar surface area (TPSA) is 6.48 Å². The van der Waals surface area contributed by atoms with E-state index in [-0.39, 0.29) is 0 Å². The van der Waals surface area contributed by atoms with Gasteiger partial charge in [0.25, 0.3) is 0 Å². The number of rotatable bonds is 6. The molecule has 0 bridgehead atoms. The second kappa shape index (κ2) is 7.08. The van der Waals surface area contributed by atoms with Crippen molar-refractivity contribution in [2.45, 2.75) is 72.9 Å². The summed E-state index contributed by atoms with van der Waals surface area (Å²) in [5, 5.41) is 0. The van der Waals surface area contributed by atoms with Gasteiger partial charge in [0.05, 0.1) is 0 Å². The highest BCUT2D eigenvalue weighted by atomic mass is 15.2. The van der Waals surface area contributed by atoms with Crippen molar-refractivity contribution >= 4 is 0 Å². The van der Waals surface area contributed by atoms with Crippen molar-refractivity contribution in [2.75, 3.05) is 26.7 Å². The third kappa shape index (κ3) is 3.72. The van der Waals surface area contributed by atoms with Crippen LogP contribution in [0.15, 0.2) is 0 Å². The summed E-state index contributed by atoms with van der Waals surface area (Å²) in [4.78, 5) is 5.28. The minimum absolute atomic E-state index is 0.519. The third-order valence-corrected chi connectivity index (χ3v) is 5.48. The van der Waals surface area contributed by atoms with Gasteiger partial charge in [-0.25, -0.2) is 0 Å². The van der Waals surface area contributed by atoms with Crippen molar-refractivity contribution < 1.29 is 0 Å². The molecule has 1 saturated heterocycles. The molecule has 0 aromatic heterocycles. The van der Waals surface area contributed by atoms with Crippen molar-refractivity contribution in [1.29, 1.82) is 0 Å². The van der Waals surface area contributed by atoms with Gasteiger partial charge in [-0.2, -0.15) is 0 Å². The summed E-state index contributed by atoms with van der Waals surface area (Å²) in [6, 6.07) is 1.39. The summed E-state index contributed by atoms with van der Waals surface area (Å²) < 4.78 is 0. The van der Waals surface area contributed by atoms with Crippen molar-refractivity contribution in [3.8, 4) is 0 Å². The Bertz CT molecular complexity index is 258. The highest BCUT2D eigenvalue weighted by Crippen LogP contribution is 2.44. The summed E-state index contributed by atoms with van der Waals surface area (Å²) >= 11 is 0. The normalized spacial score (nSPS) is 28.3. The molecule has 1 rings (SSSR count). The van der Waals surface area contributed by atoms with E-state index in [0.29, 0.717) is 11.5 Å². The van der Waals surface area contributed by atoms with Gasteiger partial charge < -0.3 is 4.90 Å². The SMILES string of the molecule is CCN(C)CC1N(C(C)C)CC(C)CC1(CC)CC. The summed E-state index contributed by atoms with van der Waals surface area (Å²) in [6.07, 6.45) is 4.05. The van der Waals surface area contributed by atoms with Gasteiger partial charge in [0.1, 0.15) is 0 Å². The molecular formula is C17H36N2. The summed E-state index contributed by atoms with van der Waals surface area (Å²) in [5.41, 5.74) is 0.519. The lowest BCUT2D eigenvalue weighted by atomic mass is 9.66. The molecule has 0 aromatic carbocycles. The molecule has 2 nitrogen and oxygen atoms in total. The zero-order chi connectivity index (χ0) is 14.6. The number of likely N-dealkylation sites (N-methyl/N-ethyl adjacent to an activating group) is 1. The van der Waals surface area contributed by atoms with Gasteiger partial charge in [-0.1, -0.05) is 27.7 Å². The summed E-state index contributed by atoms with van der Waals surface area (Å²) in [6.45, 7) is 17.9. The molecule has 1 fully saturated rings. The zero-order valence-electron chi connectivity index (χ0n) is 14.4. The van der Waals surface area contributed by atoms with Crippen LogP contribution in [0.1, 0.15) is 60.8 Å².